The molecule has 0 aliphatic heterocycles. The third-order valence-electron chi connectivity index (χ3n) is 3.84. The van der Waals surface area contributed by atoms with Crippen LogP contribution in [0.25, 0.3) is 11.3 Å². The second kappa shape index (κ2) is 9.44. The molecular weight excluding hydrogens is 379 g/mol. The van der Waals surface area contributed by atoms with Crippen molar-refractivity contribution in [1.29, 1.82) is 0 Å². The molecule has 0 radical (unpaired) electrons. The number of hydrogen-bond donors (Lipinski definition) is 4. The molecule has 10 nitrogen and oxygen atoms in total. The van der Waals surface area contributed by atoms with Crippen molar-refractivity contribution < 1.29 is 14.3 Å². The molecule has 0 bridgehead atoms. The first-order chi connectivity index (χ1) is 14.0. The number of nitrogens with one attached hydrogen (secondary N) is 3. The highest BCUT2D eigenvalue weighted by molar-refractivity contribution is 5.72. The number of amides is 1. The van der Waals surface area contributed by atoms with Crippen molar-refractivity contribution in [2.45, 2.75) is 19.9 Å². The number of aromatic nitrogens is 5. The van der Waals surface area contributed by atoms with Crippen molar-refractivity contribution in [3.63, 3.8) is 0 Å². The molecule has 29 heavy (non-hydrogen) atoms. The molecule has 2 heterocycles. The van der Waals surface area contributed by atoms with E-state index in [-0.39, 0.29) is 12.4 Å². The van der Waals surface area contributed by atoms with Crippen molar-refractivity contribution in [1.82, 2.24) is 30.3 Å². The molecule has 152 valence electrons. The van der Waals surface area contributed by atoms with E-state index in [2.05, 4.69) is 36.2 Å². The van der Waals surface area contributed by atoms with Crippen LogP contribution in [0.15, 0.2) is 36.7 Å². The minimum Gasteiger partial charge on any atom is -0.465 e. The fourth-order valence-electron chi connectivity index (χ4n) is 2.51. The van der Waals surface area contributed by atoms with Crippen LogP contribution < -0.4 is 16.0 Å². The van der Waals surface area contributed by atoms with E-state index in [0.29, 0.717) is 41.8 Å². The predicted molar refractivity (Wildman–Crippen MR) is 106 cm³/mol. The van der Waals surface area contributed by atoms with E-state index in [1.165, 1.54) is 16.8 Å². The summed E-state index contributed by atoms with van der Waals surface area (Å²) < 4.78 is 14.9. The number of anilines is 3. The van der Waals surface area contributed by atoms with Crippen LogP contribution in [0.1, 0.15) is 13.3 Å². The number of carboxylic acid groups (broad SMARTS) is 1. The van der Waals surface area contributed by atoms with Gasteiger partial charge in [0.1, 0.15) is 17.3 Å². The Balaban J connectivity index is 1.80. The van der Waals surface area contributed by atoms with Gasteiger partial charge in [-0.05, 0) is 24.6 Å². The lowest BCUT2D eigenvalue weighted by Crippen LogP contribution is -2.25. The molecule has 2 aromatic heterocycles. The molecule has 0 saturated heterocycles. The Labute approximate surface area is 166 Å². The molecule has 0 saturated carbocycles. The average Bonchev–Trinajstić information content (AvgIpc) is 3.15. The molecular formula is C18H21FN8O2. The third kappa shape index (κ3) is 5.61. The second-order valence-electron chi connectivity index (χ2n) is 6.12. The van der Waals surface area contributed by atoms with Crippen molar-refractivity contribution in [2.24, 2.45) is 0 Å². The average molecular weight is 400 g/mol. The van der Waals surface area contributed by atoms with Gasteiger partial charge in [0.2, 0.25) is 5.95 Å². The summed E-state index contributed by atoms with van der Waals surface area (Å²) in [5.74, 6) is 0.525. The van der Waals surface area contributed by atoms with Crippen molar-refractivity contribution in [2.75, 3.05) is 23.7 Å². The first-order valence-corrected chi connectivity index (χ1v) is 9.06. The van der Waals surface area contributed by atoms with Gasteiger partial charge in [-0.3, -0.25) is 4.68 Å². The van der Waals surface area contributed by atoms with Gasteiger partial charge in [0.15, 0.2) is 0 Å². The van der Waals surface area contributed by atoms with Crippen LogP contribution in [-0.4, -0.2) is 49.3 Å². The van der Waals surface area contributed by atoms with Gasteiger partial charge in [-0.25, -0.2) is 14.2 Å². The lowest BCUT2D eigenvalue weighted by atomic mass is 10.2. The molecule has 0 fully saturated rings. The Bertz CT molecular complexity index is 978. The summed E-state index contributed by atoms with van der Waals surface area (Å²) in [6.45, 7) is 3.29. The summed E-state index contributed by atoms with van der Waals surface area (Å²) in [6.07, 6.45) is 3.10. The summed E-state index contributed by atoms with van der Waals surface area (Å²) in [5.41, 5.74) is 1.74. The van der Waals surface area contributed by atoms with E-state index < -0.39 is 6.09 Å². The molecule has 1 aromatic carbocycles. The maximum Gasteiger partial charge on any atom is 0.404 e. The first kappa shape index (κ1) is 20.0. The van der Waals surface area contributed by atoms with E-state index in [1.54, 1.807) is 24.5 Å². The van der Waals surface area contributed by atoms with Crippen LogP contribution in [0, 0.1) is 5.82 Å². The molecule has 0 atom stereocenters. The van der Waals surface area contributed by atoms with Crippen molar-refractivity contribution in [3.8, 4) is 11.3 Å². The number of benzene rings is 1. The van der Waals surface area contributed by atoms with E-state index in [4.69, 9.17) is 5.11 Å². The van der Waals surface area contributed by atoms with Crippen LogP contribution in [0.3, 0.4) is 0 Å². The summed E-state index contributed by atoms with van der Waals surface area (Å²) in [6, 6.07) is 6.03. The van der Waals surface area contributed by atoms with Crippen LogP contribution >= 0.6 is 0 Å². The molecule has 11 heteroatoms. The van der Waals surface area contributed by atoms with Gasteiger partial charge in [0.05, 0.1) is 18.3 Å². The highest BCUT2D eigenvalue weighted by Crippen LogP contribution is 2.26. The summed E-state index contributed by atoms with van der Waals surface area (Å²) in [7, 11) is 0. The predicted octanol–water partition coefficient (Wildman–Crippen LogP) is 2.71. The molecule has 0 spiro atoms. The van der Waals surface area contributed by atoms with Gasteiger partial charge in [-0.15, -0.1) is 5.10 Å². The van der Waals surface area contributed by atoms with Crippen LogP contribution in [-0.2, 0) is 6.54 Å². The van der Waals surface area contributed by atoms with E-state index in [9.17, 15) is 9.18 Å². The largest absolute Gasteiger partial charge is 0.465 e. The fourth-order valence-corrected chi connectivity index (χ4v) is 2.51. The maximum atomic E-state index is 13.4. The fraction of sp³-hybridized carbons (Fsp3) is 0.278. The number of rotatable bonds is 9. The normalized spacial score (nSPS) is 10.6. The van der Waals surface area contributed by atoms with Crippen LogP contribution in [0.4, 0.5) is 26.6 Å². The number of carbonyl (C=O) groups is 1. The Morgan fingerprint density at radius 3 is 2.93 bits per heavy atom. The topological polar surface area (TPSA) is 130 Å². The molecule has 1 amide bonds. The molecule has 0 unspecified atom stereocenters. The minimum absolute atomic E-state index is 0.214. The van der Waals surface area contributed by atoms with Gasteiger partial charge in [-0.1, -0.05) is 18.2 Å². The van der Waals surface area contributed by atoms with Gasteiger partial charge in [0, 0.05) is 25.0 Å². The smallest absolute Gasteiger partial charge is 0.404 e. The quantitative estimate of drug-likeness (QED) is 0.431. The minimum atomic E-state index is -1.09. The molecule has 0 aliphatic rings. The van der Waals surface area contributed by atoms with E-state index in [0.717, 1.165) is 6.42 Å². The highest BCUT2D eigenvalue weighted by Gasteiger charge is 2.13. The van der Waals surface area contributed by atoms with Gasteiger partial charge in [-0.2, -0.15) is 4.98 Å². The standard InChI is InChI=1S/C18H21FN8O2/c1-2-6-20-16-14(15-11-27(26-25-15)8-7-21-18(28)29)10-22-17(24-16)23-13-5-3-4-12(19)9-13/h3-5,9-11,21H,2,6-8H2,1H3,(H,28,29)(H2,20,22,23,24). The molecule has 0 aliphatic carbocycles. The molecule has 3 rings (SSSR count). The lowest BCUT2D eigenvalue weighted by Gasteiger charge is -2.11. The van der Waals surface area contributed by atoms with E-state index >= 15 is 0 Å². The van der Waals surface area contributed by atoms with Crippen LogP contribution in [0.2, 0.25) is 0 Å². The Hall–Kier alpha value is -3.76. The zero-order chi connectivity index (χ0) is 20.6. The molecule has 3 aromatic rings. The highest BCUT2D eigenvalue weighted by atomic mass is 19.1. The van der Waals surface area contributed by atoms with E-state index in [1.807, 2.05) is 6.92 Å². The SMILES string of the molecule is CCCNc1nc(Nc2cccc(F)c2)ncc1-c1cn(CCNC(=O)O)nn1. The Kier molecular flexibility index (Phi) is 6.51. The summed E-state index contributed by atoms with van der Waals surface area (Å²) in [5, 5.41) is 25.2. The van der Waals surface area contributed by atoms with Crippen LogP contribution in [0.5, 0.6) is 0 Å². The zero-order valence-corrected chi connectivity index (χ0v) is 15.8. The van der Waals surface area contributed by atoms with Gasteiger partial charge in [0.25, 0.3) is 0 Å². The number of halogens is 1. The summed E-state index contributed by atoms with van der Waals surface area (Å²) in [4.78, 5) is 19.3. The monoisotopic (exact) mass is 400 g/mol. The number of nitrogens with zero attached hydrogens (tertiary/aromatic N) is 5. The Morgan fingerprint density at radius 2 is 2.17 bits per heavy atom. The number of hydrogen-bond acceptors (Lipinski definition) is 7. The lowest BCUT2D eigenvalue weighted by molar-refractivity contribution is 0.194. The van der Waals surface area contributed by atoms with Crippen molar-refractivity contribution in [3.05, 3.63) is 42.5 Å². The zero-order valence-electron chi connectivity index (χ0n) is 15.8. The maximum absolute atomic E-state index is 13.4. The summed E-state index contributed by atoms with van der Waals surface area (Å²) >= 11 is 0. The third-order valence-corrected chi connectivity index (χ3v) is 3.84. The first-order valence-electron chi connectivity index (χ1n) is 9.06. The van der Waals surface area contributed by atoms with Crippen molar-refractivity contribution >= 4 is 23.5 Å². The van der Waals surface area contributed by atoms with Gasteiger partial charge >= 0.3 is 6.09 Å². The Morgan fingerprint density at radius 1 is 1.31 bits per heavy atom. The second-order valence-corrected chi connectivity index (χ2v) is 6.12. The molecule has 4 N–H and O–H groups in total. The van der Waals surface area contributed by atoms with Gasteiger partial charge < -0.3 is 21.1 Å².